The van der Waals surface area contributed by atoms with Crippen molar-refractivity contribution < 1.29 is 9.25 Å². The van der Waals surface area contributed by atoms with Crippen molar-refractivity contribution in [3.63, 3.8) is 0 Å². The minimum atomic E-state index is -0.151. The van der Waals surface area contributed by atoms with Crippen LogP contribution in [0, 0.1) is 0 Å². The van der Waals surface area contributed by atoms with E-state index >= 15 is 0 Å². The molecule has 0 bridgehead atoms. The summed E-state index contributed by atoms with van der Waals surface area (Å²) in [7, 11) is 1.45. The van der Waals surface area contributed by atoms with Crippen molar-refractivity contribution in [1.82, 2.24) is 4.57 Å². The Morgan fingerprint density at radius 2 is 2.38 bits per heavy atom. The van der Waals surface area contributed by atoms with E-state index in [0.29, 0.717) is 11.3 Å². The summed E-state index contributed by atoms with van der Waals surface area (Å²) in [4.78, 5) is 16.3. The van der Waals surface area contributed by atoms with Crippen LogP contribution in [-0.4, -0.2) is 17.9 Å². The highest BCUT2D eigenvalue weighted by molar-refractivity contribution is 5.78. The van der Waals surface area contributed by atoms with Crippen LogP contribution in [0.25, 0.3) is 5.69 Å². The Labute approximate surface area is 91.6 Å². The third kappa shape index (κ3) is 2.03. The van der Waals surface area contributed by atoms with Gasteiger partial charge in [0, 0.05) is 23.9 Å². The molecule has 0 atom stereocenters. The molecule has 0 N–H and O–H groups in total. The van der Waals surface area contributed by atoms with Crippen molar-refractivity contribution in [3.05, 3.63) is 52.8 Å². The topological polar surface area (TPSA) is 56.7 Å². The lowest BCUT2D eigenvalue weighted by Gasteiger charge is -2.01. The highest BCUT2D eigenvalue weighted by atomic mass is 16.6. The summed E-state index contributed by atoms with van der Waals surface area (Å²) >= 11 is 0. The summed E-state index contributed by atoms with van der Waals surface area (Å²) in [5, 5.41) is 3.58. The molecule has 5 nitrogen and oxygen atoms in total. The van der Waals surface area contributed by atoms with Gasteiger partial charge in [0.15, 0.2) is 0 Å². The Morgan fingerprint density at radius 1 is 1.50 bits per heavy atom. The Hall–Kier alpha value is -2.30. The lowest BCUT2D eigenvalue weighted by atomic mass is 10.3. The number of oxime groups is 1. The van der Waals surface area contributed by atoms with Gasteiger partial charge in [-0.2, -0.15) is 0 Å². The fraction of sp³-hybridized carbons (Fsp3) is 0.0909. The van der Waals surface area contributed by atoms with Gasteiger partial charge in [-0.05, 0) is 6.07 Å². The molecule has 0 unspecified atom stereocenters. The second-order valence-corrected chi connectivity index (χ2v) is 3.07. The molecule has 0 aromatic carbocycles. The normalized spacial score (nSPS) is 10.8. The summed E-state index contributed by atoms with van der Waals surface area (Å²) in [5.74, 6) is 0. The van der Waals surface area contributed by atoms with Crippen molar-refractivity contribution in [3.8, 4) is 5.69 Å². The first-order valence-corrected chi connectivity index (χ1v) is 4.63. The number of hydrogen-bond donors (Lipinski definition) is 0. The molecule has 0 saturated carbocycles. The quantitative estimate of drug-likeness (QED) is 0.578. The molecule has 5 heteroatoms. The van der Waals surface area contributed by atoms with Crippen LogP contribution in [0.2, 0.25) is 0 Å². The first-order valence-electron chi connectivity index (χ1n) is 4.63. The molecule has 0 fully saturated rings. The van der Waals surface area contributed by atoms with E-state index in [0.717, 1.165) is 0 Å². The summed E-state index contributed by atoms with van der Waals surface area (Å²) in [6.45, 7) is 0. The van der Waals surface area contributed by atoms with Gasteiger partial charge >= 0.3 is 0 Å². The highest BCUT2D eigenvalue weighted by Gasteiger charge is 2.00. The maximum atomic E-state index is 11.7. The molecule has 0 amide bonds. The highest BCUT2D eigenvalue weighted by Crippen LogP contribution is 2.04. The summed E-state index contributed by atoms with van der Waals surface area (Å²) in [5.41, 5.74) is 1.23. The maximum Gasteiger partial charge on any atom is 0.255 e. The lowest BCUT2D eigenvalue weighted by Crippen LogP contribution is -2.16. The Bertz CT molecular complexity index is 541. The second kappa shape index (κ2) is 4.48. The second-order valence-electron chi connectivity index (χ2n) is 3.07. The average Bonchev–Trinajstić information content (AvgIpc) is 2.80. The van der Waals surface area contributed by atoms with Crippen LogP contribution < -0.4 is 5.56 Å². The summed E-state index contributed by atoms with van der Waals surface area (Å²) < 4.78 is 6.39. The molecule has 0 aliphatic heterocycles. The smallest absolute Gasteiger partial charge is 0.255 e. The Balaban J connectivity index is 2.38. The minimum absolute atomic E-state index is 0.151. The number of aromatic nitrogens is 1. The lowest BCUT2D eigenvalue weighted by molar-refractivity contribution is 0.215. The van der Waals surface area contributed by atoms with Crippen LogP contribution in [-0.2, 0) is 4.84 Å². The van der Waals surface area contributed by atoms with Gasteiger partial charge in [0.25, 0.3) is 5.56 Å². The van der Waals surface area contributed by atoms with Crippen molar-refractivity contribution in [2.45, 2.75) is 0 Å². The van der Waals surface area contributed by atoms with Crippen molar-refractivity contribution in [2.24, 2.45) is 5.16 Å². The third-order valence-electron chi connectivity index (χ3n) is 2.04. The molecule has 2 rings (SSSR count). The fourth-order valence-electron chi connectivity index (χ4n) is 1.30. The summed E-state index contributed by atoms with van der Waals surface area (Å²) in [6.07, 6.45) is 6.15. The van der Waals surface area contributed by atoms with E-state index in [1.165, 1.54) is 36.5 Å². The molecule has 2 aromatic heterocycles. The van der Waals surface area contributed by atoms with E-state index in [-0.39, 0.29) is 5.56 Å². The number of pyridine rings is 1. The summed E-state index contributed by atoms with van der Waals surface area (Å²) in [6, 6.07) is 4.94. The standard InChI is InChI=1S/C11H10N2O3/c1-15-12-7-9-2-4-13(11(14)6-9)10-3-5-16-8-10/h2-8H,1H3/b12-7+. The molecule has 16 heavy (non-hydrogen) atoms. The largest absolute Gasteiger partial charge is 0.470 e. The van der Waals surface area contributed by atoms with E-state index in [2.05, 4.69) is 9.99 Å². The number of nitrogens with zero attached hydrogens (tertiary/aromatic N) is 2. The third-order valence-corrected chi connectivity index (χ3v) is 2.04. The van der Waals surface area contributed by atoms with Crippen molar-refractivity contribution in [1.29, 1.82) is 0 Å². The van der Waals surface area contributed by atoms with Gasteiger partial charge in [-0.3, -0.25) is 9.36 Å². The number of rotatable bonds is 3. The minimum Gasteiger partial charge on any atom is -0.470 e. The van der Waals surface area contributed by atoms with Crippen LogP contribution in [0.5, 0.6) is 0 Å². The molecule has 2 aromatic rings. The van der Waals surface area contributed by atoms with E-state index in [9.17, 15) is 4.79 Å². The van der Waals surface area contributed by atoms with Crippen LogP contribution >= 0.6 is 0 Å². The molecule has 2 heterocycles. The molecule has 0 spiro atoms. The van der Waals surface area contributed by atoms with Crippen molar-refractivity contribution in [2.75, 3.05) is 7.11 Å². The first-order chi connectivity index (χ1) is 7.81. The van der Waals surface area contributed by atoms with Gasteiger partial charge < -0.3 is 9.25 Å². The van der Waals surface area contributed by atoms with Crippen LogP contribution in [0.15, 0.2) is 51.3 Å². The molecular weight excluding hydrogens is 208 g/mol. The SMILES string of the molecule is CO/N=C/c1ccn(-c2ccoc2)c(=O)c1. The molecule has 0 radical (unpaired) electrons. The van der Waals surface area contributed by atoms with Crippen LogP contribution in [0.1, 0.15) is 5.56 Å². The zero-order chi connectivity index (χ0) is 11.4. The van der Waals surface area contributed by atoms with Crippen LogP contribution in [0.4, 0.5) is 0 Å². The van der Waals surface area contributed by atoms with Gasteiger partial charge in [0.05, 0.1) is 18.2 Å². The molecule has 0 saturated heterocycles. The van der Waals surface area contributed by atoms with E-state index in [1.807, 2.05) is 0 Å². The monoisotopic (exact) mass is 218 g/mol. The molecule has 0 aliphatic carbocycles. The van der Waals surface area contributed by atoms with Gasteiger partial charge in [-0.15, -0.1) is 0 Å². The molecule has 82 valence electrons. The van der Waals surface area contributed by atoms with Gasteiger partial charge in [0.2, 0.25) is 0 Å². The fourth-order valence-corrected chi connectivity index (χ4v) is 1.30. The maximum absolute atomic E-state index is 11.7. The average molecular weight is 218 g/mol. The zero-order valence-corrected chi connectivity index (χ0v) is 8.66. The predicted molar refractivity (Wildman–Crippen MR) is 58.9 cm³/mol. The van der Waals surface area contributed by atoms with E-state index < -0.39 is 0 Å². The van der Waals surface area contributed by atoms with E-state index in [4.69, 9.17) is 4.42 Å². The van der Waals surface area contributed by atoms with Crippen molar-refractivity contribution >= 4 is 6.21 Å². The number of hydrogen-bond acceptors (Lipinski definition) is 4. The van der Waals surface area contributed by atoms with Crippen LogP contribution in [0.3, 0.4) is 0 Å². The van der Waals surface area contributed by atoms with Gasteiger partial charge in [0.1, 0.15) is 13.4 Å². The van der Waals surface area contributed by atoms with E-state index in [1.54, 1.807) is 18.3 Å². The Morgan fingerprint density at radius 3 is 3.00 bits per heavy atom. The Kier molecular flexibility index (Phi) is 2.86. The van der Waals surface area contributed by atoms with Gasteiger partial charge in [-0.1, -0.05) is 5.16 Å². The number of furan rings is 1. The molecular formula is C11H10N2O3. The first kappa shape index (κ1) is 10.2. The molecule has 0 aliphatic rings. The van der Waals surface area contributed by atoms with Gasteiger partial charge in [-0.25, -0.2) is 0 Å². The zero-order valence-electron chi connectivity index (χ0n) is 8.66. The predicted octanol–water partition coefficient (Wildman–Crippen LogP) is 1.41.